The van der Waals surface area contributed by atoms with Crippen LogP contribution >= 0.6 is 46.4 Å². The van der Waals surface area contributed by atoms with Gasteiger partial charge in [-0.1, -0.05) is 51.6 Å². The van der Waals surface area contributed by atoms with E-state index in [-0.39, 0.29) is 6.04 Å². The summed E-state index contributed by atoms with van der Waals surface area (Å²) < 4.78 is 41.8. The number of amides is 1. The predicted molar refractivity (Wildman–Crippen MR) is 144 cm³/mol. The van der Waals surface area contributed by atoms with E-state index >= 15 is 0 Å². The molecular weight excluding hydrogens is 617 g/mol. The Hall–Kier alpha value is -2.73. The van der Waals surface area contributed by atoms with E-state index < -0.39 is 40.9 Å². The zero-order valence-electron chi connectivity index (χ0n) is 20.5. The molecule has 1 saturated heterocycles. The molecule has 1 unspecified atom stereocenters. The number of rotatable bonds is 5. The van der Waals surface area contributed by atoms with Crippen LogP contribution in [-0.2, 0) is 22.4 Å². The van der Waals surface area contributed by atoms with Gasteiger partial charge in [0.1, 0.15) is 23.0 Å². The summed E-state index contributed by atoms with van der Waals surface area (Å²) in [7, 11) is 0. The molecule has 1 fully saturated rings. The van der Waals surface area contributed by atoms with Crippen LogP contribution in [0.1, 0.15) is 48.2 Å². The standard InChI is InChI=1S/C25H20Cl4F3N5O3/c26-14-8-16(27)23(17(28)9-14)21-10-20(34-40-21)19-3-6-37(33-19)15-1-4-35(5-2-15)22(38)12-36-11-13(25(30,31)32)7-18(29)24(36)39/h3,6-9,11,15,21H,1-2,4-5,10,12H2. The van der Waals surface area contributed by atoms with Gasteiger partial charge in [-0.3, -0.25) is 14.3 Å². The van der Waals surface area contributed by atoms with Gasteiger partial charge < -0.3 is 14.3 Å². The molecule has 212 valence electrons. The SMILES string of the molecule is O=C(Cn1cc(C(F)(F)F)cc(Cl)c1=O)N1CCC(n2ccc(C3=NOC(c4c(Cl)cc(Cl)cc4Cl)C3)n2)CC1. The summed E-state index contributed by atoms with van der Waals surface area (Å²) in [5, 5.41) is 9.39. The van der Waals surface area contributed by atoms with Crippen LogP contribution in [0.2, 0.25) is 20.1 Å². The van der Waals surface area contributed by atoms with Crippen LogP contribution in [0, 0.1) is 0 Å². The number of piperidine rings is 1. The van der Waals surface area contributed by atoms with Crippen LogP contribution in [-0.4, -0.2) is 44.0 Å². The molecule has 15 heteroatoms. The Bertz CT molecular complexity index is 1520. The normalized spacial score (nSPS) is 18.1. The molecule has 1 amide bonds. The number of nitrogens with zero attached hydrogens (tertiary/aromatic N) is 5. The zero-order chi connectivity index (χ0) is 28.8. The molecule has 0 saturated carbocycles. The highest BCUT2D eigenvalue weighted by atomic mass is 35.5. The quantitative estimate of drug-likeness (QED) is 0.324. The number of halogens is 7. The number of carbonyl (C=O) groups is 1. The van der Waals surface area contributed by atoms with E-state index in [1.54, 1.807) is 16.8 Å². The monoisotopic (exact) mass is 635 g/mol. The van der Waals surface area contributed by atoms with Gasteiger partial charge in [0.15, 0.2) is 6.10 Å². The highest BCUT2D eigenvalue weighted by Gasteiger charge is 2.33. The average molecular weight is 637 g/mol. The minimum Gasteiger partial charge on any atom is -0.387 e. The van der Waals surface area contributed by atoms with Gasteiger partial charge in [-0.15, -0.1) is 0 Å². The highest BCUT2D eigenvalue weighted by Crippen LogP contribution is 2.40. The van der Waals surface area contributed by atoms with Crippen LogP contribution in [0.25, 0.3) is 0 Å². The molecule has 2 aliphatic heterocycles. The molecule has 40 heavy (non-hydrogen) atoms. The molecule has 0 radical (unpaired) electrons. The molecule has 2 aliphatic rings. The van der Waals surface area contributed by atoms with Gasteiger partial charge >= 0.3 is 6.18 Å². The summed E-state index contributed by atoms with van der Waals surface area (Å²) in [5.41, 5.74) is -0.103. The van der Waals surface area contributed by atoms with Crippen molar-refractivity contribution < 1.29 is 22.8 Å². The van der Waals surface area contributed by atoms with Crippen LogP contribution in [0.15, 0.2) is 46.6 Å². The molecule has 3 aromatic rings. The lowest BCUT2D eigenvalue weighted by atomic mass is 10.0. The average Bonchev–Trinajstić information content (AvgIpc) is 3.56. The van der Waals surface area contributed by atoms with Crippen molar-refractivity contribution in [3.63, 3.8) is 0 Å². The molecular formula is C25H20Cl4F3N5O3. The molecule has 0 bridgehead atoms. The molecule has 4 heterocycles. The first-order valence-corrected chi connectivity index (χ1v) is 13.6. The van der Waals surface area contributed by atoms with Crippen molar-refractivity contribution in [1.29, 1.82) is 0 Å². The Labute approximate surface area is 245 Å². The number of carbonyl (C=O) groups excluding carboxylic acids is 1. The number of pyridine rings is 1. The maximum absolute atomic E-state index is 13.1. The van der Waals surface area contributed by atoms with Gasteiger partial charge in [0, 0.05) is 42.5 Å². The van der Waals surface area contributed by atoms with Crippen molar-refractivity contribution in [2.24, 2.45) is 5.16 Å². The Morgan fingerprint density at radius 2 is 1.73 bits per heavy atom. The third-order valence-corrected chi connectivity index (χ3v) is 7.92. The number of hydrogen-bond donors (Lipinski definition) is 0. The first-order valence-electron chi connectivity index (χ1n) is 12.1. The molecule has 1 aromatic carbocycles. The lowest BCUT2D eigenvalue weighted by Crippen LogP contribution is -2.42. The first kappa shape index (κ1) is 28.8. The first-order chi connectivity index (χ1) is 18.9. The van der Waals surface area contributed by atoms with E-state index in [1.807, 2.05) is 12.3 Å². The summed E-state index contributed by atoms with van der Waals surface area (Å²) in [5.74, 6) is -0.472. The van der Waals surface area contributed by atoms with E-state index in [9.17, 15) is 22.8 Å². The smallest absolute Gasteiger partial charge is 0.387 e. The number of hydrogen-bond acceptors (Lipinski definition) is 5. The second-order valence-corrected chi connectivity index (χ2v) is 11.1. The van der Waals surface area contributed by atoms with E-state index in [4.69, 9.17) is 51.2 Å². The Morgan fingerprint density at radius 3 is 2.38 bits per heavy atom. The predicted octanol–water partition coefficient (Wildman–Crippen LogP) is 6.41. The summed E-state index contributed by atoms with van der Waals surface area (Å²) in [6.45, 7) is 0.154. The summed E-state index contributed by atoms with van der Waals surface area (Å²) in [6, 6.07) is 5.54. The van der Waals surface area contributed by atoms with Crippen molar-refractivity contribution in [1.82, 2.24) is 19.2 Å². The van der Waals surface area contributed by atoms with Crippen LogP contribution in [0.4, 0.5) is 13.2 Å². The summed E-state index contributed by atoms with van der Waals surface area (Å²) >= 11 is 24.3. The molecule has 2 aromatic heterocycles. The van der Waals surface area contributed by atoms with Crippen molar-refractivity contribution in [3.05, 3.63) is 83.9 Å². The van der Waals surface area contributed by atoms with Gasteiger partial charge in [0.25, 0.3) is 5.56 Å². The van der Waals surface area contributed by atoms with Crippen molar-refractivity contribution >= 4 is 58.0 Å². The summed E-state index contributed by atoms with van der Waals surface area (Å²) in [4.78, 5) is 32.1. The fourth-order valence-corrected chi connectivity index (χ4v) is 6.02. The van der Waals surface area contributed by atoms with Gasteiger partial charge in [-0.25, -0.2) is 0 Å². The number of benzene rings is 1. The highest BCUT2D eigenvalue weighted by molar-refractivity contribution is 6.39. The largest absolute Gasteiger partial charge is 0.417 e. The van der Waals surface area contributed by atoms with Crippen molar-refractivity contribution in [2.45, 2.75) is 44.1 Å². The van der Waals surface area contributed by atoms with Gasteiger partial charge in [-0.05, 0) is 37.1 Å². The number of alkyl halides is 3. The summed E-state index contributed by atoms with van der Waals surface area (Å²) in [6.07, 6.45) is -1.22. The minimum absolute atomic E-state index is 0.0117. The fourth-order valence-electron chi connectivity index (χ4n) is 4.74. The molecule has 1 atom stereocenters. The fraction of sp³-hybridized carbons (Fsp3) is 0.360. The second-order valence-electron chi connectivity index (χ2n) is 9.42. The minimum atomic E-state index is -4.70. The lowest BCUT2D eigenvalue weighted by Gasteiger charge is -2.32. The van der Waals surface area contributed by atoms with Crippen LogP contribution < -0.4 is 5.56 Å². The van der Waals surface area contributed by atoms with Crippen molar-refractivity contribution in [3.8, 4) is 0 Å². The van der Waals surface area contributed by atoms with Crippen LogP contribution in [0.5, 0.6) is 0 Å². The lowest BCUT2D eigenvalue weighted by molar-refractivity contribution is -0.139. The van der Waals surface area contributed by atoms with E-state index in [2.05, 4.69) is 10.3 Å². The second kappa shape index (κ2) is 11.3. The molecule has 0 N–H and O–H groups in total. The Kier molecular flexibility index (Phi) is 8.11. The number of aromatic nitrogens is 3. The van der Waals surface area contributed by atoms with Crippen molar-refractivity contribution in [2.75, 3.05) is 13.1 Å². The third kappa shape index (κ3) is 5.97. The van der Waals surface area contributed by atoms with Gasteiger partial charge in [0.2, 0.25) is 5.91 Å². The Balaban J connectivity index is 1.19. The maximum Gasteiger partial charge on any atom is 0.417 e. The van der Waals surface area contributed by atoms with Gasteiger partial charge in [-0.2, -0.15) is 18.3 Å². The van der Waals surface area contributed by atoms with Gasteiger partial charge in [0.05, 0.1) is 21.7 Å². The molecule has 0 spiro atoms. The van der Waals surface area contributed by atoms with E-state index in [0.29, 0.717) is 81.2 Å². The number of oxime groups is 1. The molecule has 8 nitrogen and oxygen atoms in total. The van der Waals surface area contributed by atoms with E-state index in [1.165, 1.54) is 4.90 Å². The molecule has 0 aliphatic carbocycles. The Morgan fingerprint density at radius 1 is 1.05 bits per heavy atom. The zero-order valence-corrected chi connectivity index (χ0v) is 23.5. The number of likely N-dealkylation sites (tertiary alicyclic amines) is 1. The molecule has 5 rings (SSSR count). The van der Waals surface area contributed by atoms with E-state index in [0.717, 1.165) is 0 Å². The maximum atomic E-state index is 13.1. The third-order valence-electron chi connectivity index (χ3n) is 6.81. The van der Waals surface area contributed by atoms with Crippen LogP contribution in [0.3, 0.4) is 0 Å². The topological polar surface area (TPSA) is 81.7 Å².